The van der Waals surface area contributed by atoms with Crippen LogP contribution >= 0.6 is 15.6 Å². The summed E-state index contributed by atoms with van der Waals surface area (Å²) in [6.45, 7) is 2.19. The Morgan fingerprint density at radius 2 is 1.04 bits per heavy atom. The van der Waals surface area contributed by atoms with E-state index >= 15 is 0 Å². The molecule has 0 saturated carbocycles. The van der Waals surface area contributed by atoms with Gasteiger partial charge >= 0.3 is 67.0 Å². The van der Waals surface area contributed by atoms with Crippen LogP contribution in [0.25, 0.3) is 0 Å². The molecule has 0 spiro atoms. The van der Waals surface area contributed by atoms with Crippen molar-refractivity contribution in [2.75, 3.05) is 6.61 Å². The van der Waals surface area contributed by atoms with E-state index in [0.29, 0.717) is 6.42 Å². The van der Waals surface area contributed by atoms with E-state index < -0.39 is 15.6 Å². The van der Waals surface area contributed by atoms with Crippen molar-refractivity contribution in [3.63, 3.8) is 0 Å². The van der Waals surface area contributed by atoms with Gasteiger partial charge in [-0.3, -0.25) is 4.52 Å². The maximum atomic E-state index is 11.2. The van der Waals surface area contributed by atoms with Crippen molar-refractivity contribution < 1.29 is 85.5 Å². The van der Waals surface area contributed by atoms with Gasteiger partial charge in [-0.1, -0.05) is 90.4 Å². The maximum absolute atomic E-state index is 11.2. The minimum atomic E-state index is -5.02. The van der Waals surface area contributed by atoms with E-state index in [4.69, 9.17) is 14.7 Å². The van der Waals surface area contributed by atoms with Gasteiger partial charge in [0.2, 0.25) is 0 Å². The van der Waals surface area contributed by atoms with Crippen LogP contribution in [0.5, 0.6) is 0 Å². The number of phosphoric acid groups is 2. The minimum absolute atomic E-state index is 0. The van der Waals surface area contributed by atoms with Crippen LogP contribution in [-0.4, -0.2) is 21.3 Å². The van der Waals surface area contributed by atoms with Crippen molar-refractivity contribution in [3.8, 4) is 0 Å². The van der Waals surface area contributed by atoms with Crippen LogP contribution in [0.15, 0.2) is 0 Å². The van der Waals surface area contributed by atoms with E-state index in [-0.39, 0.29) is 59.4 Å². The summed E-state index contributed by atoms with van der Waals surface area (Å²) in [6, 6.07) is 0. The fourth-order valence-corrected chi connectivity index (χ4v) is 4.26. The van der Waals surface area contributed by atoms with Crippen LogP contribution < -0.4 is 51.4 Å². The van der Waals surface area contributed by atoms with E-state index in [9.17, 15) is 9.13 Å². The van der Waals surface area contributed by atoms with Gasteiger partial charge in [0.15, 0.2) is 0 Å². The van der Waals surface area contributed by atoms with Gasteiger partial charge in [-0.2, -0.15) is 4.31 Å². The maximum Gasteiger partial charge on any atom is 1.00 e. The average molecular weight is 443 g/mol. The average Bonchev–Trinajstić information content (AvgIpc) is 2.48. The molecule has 0 aliphatic heterocycles. The fourth-order valence-electron chi connectivity index (χ4n) is 2.63. The molecule has 1 atom stereocenters. The van der Waals surface area contributed by atoms with Gasteiger partial charge < -0.3 is 16.1 Å². The molecule has 0 aromatic heterocycles. The van der Waals surface area contributed by atoms with Gasteiger partial charge in [0.25, 0.3) is 0 Å². The molecule has 0 saturated heterocycles. The van der Waals surface area contributed by atoms with Crippen LogP contribution in [0.4, 0.5) is 0 Å². The first kappa shape index (κ1) is 30.1. The van der Waals surface area contributed by atoms with E-state index in [1.807, 2.05) is 0 Å². The Hall–Kier alpha value is 1.90. The SMILES string of the molecule is CCCCCCCCCCCCCCCCOP(=O)(O)OP(=O)(O)O.[H-].[K+]. The second-order valence-corrected chi connectivity index (χ2v) is 9.30. The van der Waals surface area contributed by atoms with Gasteiger partial charge in [0.05, 0.1) is 6.61 Å². The monoisotopic (exact) mass is 442 g/mol. The zero-order chi connectivity index (χ0) is 19.0. The summed E-state index contributed by atoms with van der Waals surface area (Å²) < 4.78 is 29.9. The number of hydrogen-bond acceptors (Lipinski definition) is 4. The Morgan fingerprint density at radius 3 is 1.38 bits per heavy atom. The van der Waals surface area contributed by atoms with E-state index in [1.54, 1.807) is 0 Å². The first-order valence-electron chi connectivity index (χ1n) is 9.51. The van der Waals surface area contributed by atoms with Crippen molar-refractivity contribution in [3.05, 3.63) is 0 Å². The van der Waals surface area contributed by atoms with Gasteiger partial charge in [0, 0.05) is 0 Å². The van der Waals surface area contributed by atoms with Gasteiger partial charge in [-0.05, 0) is 6.42 Å². The van der Waals surface area contributed by atoms with Crippen molar-refractivity contribution >= 4 is 15.6 Å². The molecular formula is C16H37KO7P2. The van der Waals surface area contributed by atoms with E-state index in [2.05, 4.69) is 15.8 Å². The smallest absolute Gasteiger partial charge is 1.00 e. The van der Waals surface area contributed by atoms with Crippen LogP contribution in [-0.2, 0) is 18.0 Å². The number of hydrogen-bond donors (Lipinski definition) is 3. The summed E-state index contributed by atoms with van der Waals surface area (Å²) in [5.74, 6) is 0. The normalized spacial score (nSPS) is 14.0. The second kappa shape index (κ2) is 18.9. The number of rotatable bonds is 18. The van der Waals surface area contributed by atoms with Gasteiger partial charge in [-0.15, -0.1) is 0 Å². The molecule has 26 heavy (non-hydrogen) atoms. The molecule has 0 bridgehead atoms. The third-order valence-corrected chi connectivity index (χ3v) is 6.15. The zero-order valence-corrected chi connectivity index (χ0v) is 21.4. The summed E-state index contributed by atoms with van der Waals surface area (Å²) in [5.41, 5.74) is 0. The molecule has 3 N–H and O–H groups in total. The van der Waals surface area contributed by atoms with Gasteiger partial charge in [-0.25, -0.2) is 9.13 Å². The third-order valence-electron chi connectivity index (χ3n) is 3.96. The second-order valence-electron chi connectivity index (χ2n) is 6.47. The molecule has 0 fully saturated rings. The zero-order valence-electron chi connectivity index (χ0n) is 17.5. The molecular weight excluding hydrogens is 405 g/mol. The Morgan fingerprint density at radius 1 is 0.692 bits per heavy atom. The van der Waals surface area contributed by atoms with Crippen LogP contribution in [0, 0.1) is 0 Å². The molecule has 0 aliphatic carbocycles. The van der Waals surface area contributed by atoms with E-state index in [1.165, 1.54) is 64.2 Å². The number of phosphoric ester groups is 1. The Bertz CT molecular complexity index is 410. The van der Waals surface area contributed by atoms with Crippen LogP contribution in [0.1, 0.15) is 98.2 Å². The fraction of sp³-hybridized carbons (Fsp3) is 1.00. The Kier molecular flexibility index (Phi) is 21.9. The molecule has 0 aromatic rings. The van der Waals surface area contributed by atoms with Crippen LogP contribution in [0.3, 0.4) is 0 Å². The molecule has 0 aliphatic rings. The standard InChI is InChI=1S/C16H36O7P2.K.H/c1-2-3-4-5-6-7-8-9-10-11-12-13-14-15-16-22-25(20,21)23-24(17,18)19;;/h2-16H2,1H3,(H,20,21)(H2,17,18,19);;/q;+1;-1. The largest absolute Gasteiger partial charge is 1.00 e. The number of unbranched alkanes of at least 4 members (excludes halogenated alkanes) is 13. The Balaban J connectivity index is -0.00000288. The predicted octanol–water partition coefficient (Wildman–Crippen LogP) is 2.81. The first-order valence-corrected chi connectivity index (χ1v) is 12.5. The summed E-state index contributed by atoms with van der Waals surface area (Å²) in [6.07, 6.45) is 16.8. The third kappa shape index (κ3) is 23.9. The van der Waals surface area contributed by atoms with E-state index in [0.717, 1.165) is 19.3 Å². The summed E-state index contributed by atoms with van der Waals surface area (Å²) in [4.78, 5) is 26.0. The Labute approximate surface area is 202 Å². The van der Waals surface area contributed by atoms with Crippen molar-refractivity contribution in [1.29, 1.82) is 0 Å². The molecule has 154 valence electrons. The first-order chi connectivity index (χ1) is 11.8. The summed E-state index contributed by atoms with van der Waals surface area (Å²) in [5, 5.41) is 0. The molecule has 0 heterocycles. The molecule has 0 aromatic carbocycles. The van der Waals surface area contributed by atoms with Crippen molar-refractivity contribution in [2.45, 2.75) is 96.8 Å². The summed E-state index contributed by atoms with van der Waals surface area (Å²) >= 11 is 0. The predicted molar refractivity (Wildman–Crippen MR) is 100 cm³/mol. The molecule has 0 rings (SSSR count). The molecule has 10 heteroatoms. The quantitative estimate of drug-likeness (QED) is 0.170. The van der Waals surface area contributed by atoms with Crippen LogP contribution in [0.2, 0.25) is 0 Å². The molecule has 0 amide bonds. The van der Waals surface area contributed by atoms with Crippen molar-refractivity contribution in [2.24, 2.45) is 0 Å². The molecule has 0 radical (unpaired) electrons. The molecule has 1 unspecified atom stereocenters. The molecule has 7 nitrogen and oxygen atoms in total. The van der Waals surface area contributed by atoms with Crippen molar-refractivity contribution in [1.82, 2.24) is 0 Å². The van der Waals surface area contributed by atoms with Gasteiger partial charge in [0.1, 0.15) is 0 Å². The summed E-state index contributed by atoms with van der Waals surface area (Å²) in [7, 11) is -9.68. The topological polar surface area (TPSA) is 113 Å². The minimum Gasteiger partial charge on any atom is -1.00 e.